The minimum atomic E-state index is -0.536. The summed E-state index contributed by atoms with van der Waals surface area (Å²) in [5.74, 6) is 0.411. The Hall–Kier alpha value is -4.00. The molecule has 0 saturated heterocycles. The fourth-order valence-corrected chi connectivity index (χ4v) is 4.09. The smallest absolute Gasteiger partial charge is 0.280 e. The minimum absolute atomic E-state index is 0.147. The first-order valence-corrected chi connectivity index (χ1v) is 10.7. The number of amides is 1. The average molecular weight is 425 g/mol. The molecule has 0 unspecified atom stereocenters. The van der Waals surface area contributed by atoms with Crippen LogP contribution in [0.1, 0.15) is 34.7 Å². The Kier molecular flexibility index (Phi) is 5.15. The Bertz CT molecular complexity index is 1340. The monoisotopic (exact) mass is 425 g/mol. The number of nitrogens with zero attached hydrogens (tertiary/aromatic N) is 4. The van der Waals surface area contributed by atoms with Gasteiger partial charge in [-0.1, -0.05) is 18.2 Å². The van der Waals surface area contributed by atoms with E-state index in [1.54, 1.807) is 11.6 Å². The molecule has 0 aliphatic carbocycles. The molecule has 3 heterocycles. The van der Waals surface area contributed by atoms with Crippen LogP contribution in [0, 0.1) is 6.92 Å². The van der Waals surface area contributed by atoms with Gasteiger partial charge in [-0.15, -0.1) is 0 Å². The van der Waals surface area contributed by atoms with Gasteiger partial charge < -0.3 is 9.88 Å². The second kappa shape index (κ2) is 8.26. The van der Waals surface area contributed by atoms with Crippen molar-refractivity contribution in [3.8, 4) is 17.1 Å². The normalized spacial score (nSPS) is 12.9. The number of rotatable bonds is 4. The van der Waals surface area contributed by atoms with E-state index in [1.807, 2.05) is 60.8 Å². The van der Waals surface area contributed by atoms with Crippen LogP contribution < -0.4 is 10.7 Å². The first-order chi connectivity index (χ1) is 15.6. The third kappa shape index (κ3) is 3.73. The second-order valence-corrected chi connectivity index (χ2v) is 7.96. The average Bonchev–Trinajstić information content (AvgIpc) is 3.24. The fraction of sp³-hybridized carbons (Fsp3) is 0.200. The maximum Gasteiger partial charge on any atom is 0.280 e. The van der Waals surface area contributed by atoms with Crippen LogP contribution in [0.15, 0.2) is 71.7 Å². The van der Waals surface area contributed by atoms with Crippen LogP contribution in [0.3, 0.4) is 0 Å². The summed E-state index contributed by atoms with van der Waals surface area (Å²) >= 11 is 0. The van der Waals surface area contributed by atoms with E-state index in [0.29, 0.717) is 11.4 Å². The van der Waals surface area contributed by atoms with Crippen molar-refractivity contribution in [1.82, 2.24) is 19.3 Å². The van der Waals surface area contributed by atoms with Crippen molar-refractivity contribution < 1.29 is 4.79 Å². The lowest BCUT2D eigenvalue weighted by atomic mass is 10.1. The van der Waals surface area contributed by atoms with Crippen molar-refractivity contribution >= 4 is 11.6 Å². The lowest BCUT2D eigenvalue weighted by molar-refractivity contribution is 0.101. The molecule has 1 aliphatic heterocycles. The quantitative estimate of drug-likeness (QED) is 0.536. The number of hydrogen-bond donors (Lipinski definition) is 1. The molecule has 0 radical (unpaired) electrons. The van der Waals surface area contributed by atoms with Crippen LogP contribution in [-0.4, -0.2) is 25.2 Å². The van der Waals surface area contributed by atoms with Crippen LogP contribution in [0.4, 0.5) is 5.69 Å². The first kappa shape index (κ1) is 19.9. The first-order valence-electron chi connectivity index (χ1n) is 10.7. The van der Waals surface area contributed by atoms with Crippen LogP contribution in [0.2, 0.25) is 0 Å². The fourth-order valence-electron chi connectivity index (χ4n) is 4.09. The van der Waals surface area contributed by atoms with Gasteiger partial charge in [0, 0.05) is 41.4 Å². The number of carbonyl (C=O) groups excluding carboxylic acids is 1. The Balaban J connectivity index is 1.39. The van der Waals surface area contributed by atoms with Gasteiger partial charge in [-0.2, -0.15) is 5.10 Å². The number of benzene rings is 2. The molecule has 2 aromatic carbocycles. The number of hydrogen-bond acceptors (Lipinski definition) is 4. The van der Waals surface area contributed by atoms with Crippen molar-refractivity contribution in [2.75, 3.05) is 5.32 Å². The van der Waals surface area contributed by atoms with Crippen molar-refractivity contribution in [3.05, 3.63) is 94.2 Å². The van der Waals surface area contributed by atoms with E-state index in [0.717, 1.165) is 36.5 Å². The molecule has 0 fully saturated rings. The van der Waals surface area contributed by atoms with E-state index in [-0.39, 0.29) is 5.69 Å². The molecule has 1 amide bonds. The molecule has 7 nitrogen and oxygen atoms in total. The number of imidazole rings is 1. The largest absolute Gasteiger partial charge is 0.328 e. The lowest BCUT2D eigenvalue weighted by Gasteiger charge is -2.16. The van der Waals surface area contributed by atoms with Crippen molar-refractivity contribution in [1.29, 1.82) is 0 Å². The van der Waals surface area contributed by atoms with Gasteiger partial charge in [-0.25, -0.2) is 9.67 Å². The van der Waals surface area contributed by atoms with Crippen molar-refractivity contribution in [2.24, 2.45) is 0 Å². The summed E-state index contributed by atoms with van der Waals surface area (Å²) < 4.78 is 3.86. The summed E-state index contributed by atoms with van der Waals surface area (Å²) in [5.41, 5.74) is 3.74. The molecule has 32 heavy (non-hydrogen) atoms. The summed E-state index contributed by atoms with van der Waals surface area (Å²) in [6.07, 6.45) is 5.37. The molecule has 7 heteroatoms. The number of aromatic nitrogens is 4. The minimum Gasteiger partial charge on any atom is -0.328 e. The predicted molar refractivity (Wildman–Crippen MR) is 123 cm³/mol. The molecule has 1 N–H and O–H groups in total. The van der Waals surface area contributed by atoms with Gasteiger partial charge >= 0.3 is 0 Å². The van der Waals surface area contributed by atoms with E-state index in [4.69, 9.17) is 0 Å². The number of aryl methyl sites for hydroxylation is 2. The molecule has 1 aliphatic rings. The van der Waals surface area contributed by atoms with E-state index in [2.05, 4.69) is 20.0 Å². The second-order valence-electron chi connectivity index (χ2n) is 7.96. The van der Waals surface area contributed by atoms with Crippen molar-refractivity contribution in [3.63, 3.8) is 0 Å². The molecule has 0 spiro atoms. The predicted octanol–water partition coefficient (Wildman–Crippen LogP) is 3.99. The molecule has 4 aromatic rings. The molecule has 0 bridgehead atoms. The zero-order valence-corrected chi connectivity index (χ0v) is 17.8. The third-order valence-corrected chi connectivity index (χ3v) is 5.73. The highest BCUT2D eigenvalue weighted by molar-refractivity contribution is 6.02. The van der Waals surface area contributed by atoms with Crippen LogP contribution in [0.5, 0.6) is 0 Å². The van der Waals surface area contributed by atoms with Crippen molar-refractivity contribution in [2.45, 2.75) is 32.7 Å². The Labute approximate surface area is 185 Å². The van der Waals surface area contributed by atoms with Crippen LogP contribution in [0.25, 0.3) is 17.1 Å². The highest BCUT2D eigenvalue weighted by Crippen LogP contribution is 2.25. The SMILES string of the molecule is Cc1cc(=O)c(C(=O)Nc2ccc(-c3ncc4n3CCCC4)cc2)nn1-c1ccccc1. The van der Waals surface area contributed by atoms with E-state index < -0.39 is 11.3 Å². The molecular formula is C25H23N5O2. The van der Waals surface area contributed by atoms with E-state index in [1.165, 1.54) is 18.2 Å². The zero-order chi connectivity index (χ0) is 22.1. The van der Waals surface area contributed by atoms with E-state index >= 15 is 0 Å². The molecule has 2 aromatic heterocycles. The van der Waals surface area contributed by atoms with Gasteiger partial charge in [0.2, 0.25) is 5.43 Å². The third-order valence-electron chi connectivity index (χ3n) is 5.73. The van der Waals surface area contributed by atoms with Gasteiger partial charge in [0.25, 0.3) is 5.91 Å². The molecule has 0 atom stereocenters. The molecule has 160 valence electrons. The molecule has 5 rings (SSSR count). The highest BCUT2D eigenvalue weighted by atomic mass is 16.2. The number of carbonyl (C=O) groups is 1. The topological polar surface area (TPSA) is 81.8 Å². The van der Waals surface area contributed by atoms with Crippen LogP contribution >= 0.6 is 0 Å². The molecular weight excluding hydrogens is 402 g/mol. The Morgan fingerprint density at radius 2 is 1.81 bits per heavy atom. The zero-order valence-electron chi connectivity index (χ0n) is 17.8. The summed E-state index contributed by atoms with van der Waals surface area (Å²) in [6, 6.07) is 18.4. The maximum atomic E-state index is 12.8. The van der Waals surface area contributed by atoms with Gasteiger partial charge in [0.15, 0.2) is 5.69 Å². The Morgan fingerprint density at radius 1 is 1.03 bits per heavy atom. The Morgan fingerprint density at radius 3 is 2.59 bits per heavy atom. The summed E-state index contributed by atoms with van der Waals surface area (Å²) in [6.45, 7) is 2.77. The van der Waals surface area contributed by atoms with Gasteiger partial charge in [-0.05, 0) is 62.6 Å². The number of para-hydroxylation sites is 1. The number of fused-ring (bicyclic) bond motifs is 1. The van der Waals surface area contributed by atoms with Gasteiger partial charge in [0.05, 0.1) is 5.69 Å². The lowest BCUT2D eigenvalue weighted by Crippen LogP contribution is -2.26. The maximum absolute atomic E-state index is 12.8. The summed E-state index contributed by atoms with van der Waals surface area (Å²) in [7, 11) is 0. The van der Waals surface area contributed by atoms with E-state index in [9.17, 15) is 9.59 Å². The van der Waals surface area contributed by atoms with Crippen LogP contribution in [-0.2, 0) is 13.0 Å². The molecule has 0 saturated carbocycles. The summed E-state index contributed by atoms with van der Waals surface area (Å²) in [4.78, 5) is 29.9. The van der Waals surface area contributed by atoms with Gasteiger partial charge in [0.1, 0.15) is 5.82 Å². The standard InChI is InChI=1S/C25H23N5O2/c1-17-15-22(31)23(28-30(17)20-7-3-2-4-8-20)25(32)27-19-12-10-18(11-13-19)24-26-16-21-9-5-6-14-29(21)24/h2-4,7-8,10-13,15-16H,5-6,9,14H2,1H3,(H,27,32). The van der Waals surface area contributed by atoms with Gasteiger partial charge in [-0.3, -0.25) is 9.59 Å². The number of anilines is 1. The number of nitrogens with one attached hydrogen (secondary N) is 1. The summed E-state index contributed by atoms with van der Waals surface area (Å²) in [5, 5.41) is 7.11. The highest BCUT2D eigenvalue weighted by Gasteiger charge is 2.17.